The van der Waals surface area contributed by atoms with E-state index in [-0.39, 0.29) is 5.91 Å². The number of ether oxygens (including phenoxy) is 1. The molecule has 0 aliphatic carbocycles. The largest absolute Gasteiger partial charge is 0.378 e. The van der Waals surface area contributed by atoms with Crippen LogP contribution in [0.2, 0.25) is 0 Å². The predicted molar refractivity (Wildman–Crippen MR) is 93.2 cm³/mol. The fourth-order valence-corrected chi connectivity index (χ4v) is 2.66. The highest BCUT2D eigenvalue weighted by Gasteiger charge is 2.13. The van der Waals surface area contributed by atoms with Crippen molar-refractivity contribution in [1.29, 1.82) is 0 Å². The van der Waals surface area contributed by atoms with Gasteiger partial charge in [-0.3, -0.25) is 4.79 Å². The van der Waals surface area contributed by atoms with Crippen molar-refractivity contribution in [3.05, 3.63) is 47.8 Å². The van der Waals surface area contributed by atoms with E-state index in [0.717, 1.165) is 19.5 Å². The summed E-state index contributed by atoms with van der Waals surface area (Å²) in [6.07, 6.45) is 4.47. The Morgan fingerprint density at radius 3 is 2.71 bits per heavy atom. The molecule has 1 saturated heterocycles. The molecule has 126 valence electrons. The van der Waals surface area contributed by atoms with E-state index < -0.39 is 0 Å². The number of morpholine rings is 1. The van der Waals surface area contributed by atoms with Gasteiger partial charge in [0, 0.05) is 19.5 Å². The minimum Gasteiger partial charge on any atom is -0.378 e. The lowest BCUT2D eigenvalue weighted by atomic mass is 10.1. The molecule has 1 fully saturated rings. The molecule has 0 unspecified atom stereocenters. The van der Waals surface area contributed by atoms with E-state index in [4.69, 9.17) is 4.74 Å². The van der Waals surface area contributed by atoms with E-state index >= 15 is 0 Å². The van der Waals surface area contributed by atoms with Gasteiger partial charge in [0.2, 0.25) is 11.9 Å². The minimum absolute atomic E-state index is 0.0285. The number of hydrogen-bond donors (Lipinski definition) is 1. The fourth-order valence-electron chi connectivity index (χ4n) is 2.66. The van der Waals surface area contributed by atoms with Gasteiger partial charge in [0.25, 0.3) is 0 Å². The molecule has 1 aliphatic rings. The Kier molecular flexibility index (Phi) is 5.38. The molecule has 0 bridgehead atoms. The zero-order valence-electron chi connectivity index (χ0n) is 13.9. The van der Waals surface area contributed by atoms with Gasteiger partial charge in [-0.15, -0.1) is 0 Å². The molecule has 0 saturated carbocycles. The molecule has 2 heterocycles. The van der Waals surface area contributed by atoms with Crippen molar-refractivity contribution in [3.63, 3.8) is 0 Å². The number of carbonyl (C=O) groups is 1. The van der Waals surface area contributed by atoms with Gasteiger partial charge >= 0.3 is 0 Å². The number of hydrogen-bond acceptors (Lipinski definition) is 5. The average Bonchev–Trinajstić information content (AvgIpc) is 2.61. The molecular formula is C18H22N4O2. The fraction of sp³-hybridized carbons (Fsp3) is 0.389. The van der Waals surface area contributed by atoms with Gasteiger partial charge in [-0.25, -0.2) is 9.97 Å². The SMILES string of the molecule is Cc1cccc(CCC(=O)Nc2cnc(N3CCOCC3)nc2)c1. The lowest BCUT2D eigenvalue weighted by Crippen LogP contribution is -2.37. The first-order valence-corrected chi connectivity index (χ1v) is 8.21. The summed E-state index contributed by atoms with van der Waals surface area (Å²) in [7, 11) is 0. The molecule has 1 amide bonds. The maximum atomic E-state index is 12.1. The maximum Gasteiger partial charge on any atom is 0.225 e. The first kappa shape index (κ1) is 16.4. The van der Waals surface area contributed by atoms with E-state index in [2.05, 4.69) is 39.2 Å². The highest BCUT2D eigenvalue weighted by atomic mass is 16.5. The summed E-state index contributed by atoms with van der Waals surface area (Å²) in [5.74, 6) is 0.648. The van der Waals surface area contributed by atoms with Crippen molar-refractivity contribution in [2.75, 3.05) is 36.5 Å². The Morgan fingerprint density at radius 1 is 1.25 bits per heavy atom. The van der Waals surface area contributed by atoms with Crippen molar-refractivity contribution in [3.8, 4) is 0 Å². The summed E-state index contributed by atoms with van der Waals surface area (Å²) in [4.78, 5) is 22.8. The van der Waals surface area contributed by atoms with Gasteiger partial charge in [0.15, 0.2) is 0 Å². The van der Waals surface area contributed by atoms with E-state index in [1.807, 2.05) is 12.1 Å². The molecule has 0 atom stereocenters. The third kappa shape index (κ3) is 4.52. The second-order valence-corrected chi connectivity index (χ2v) is 5.91. The quantitative estimate of drug-likeness (QED) is 0.912. The number of benzene rings is 1. The summed E-state index contributed by atoms with van der Waals surface area (Å²) >= 11 is 0. The van der Waals surface area contributed by atoms with Crippen molar-refractivity contribution < 1.29 is 9.53 Å². The van der Waals surface area contributed by atoms with Crippen LogP contribution in [0.25, 0.3) is 0 Å². The van der Waals surface area contributed by atoms with E-state index in [1.54, 1.807) is 12.4 Å². The van der Waals surface area contributed by atoms with Crippen LogP contribution < -0.4 is 10.2 Å². The minimum atomic E-state index is -0.0285. The van der Waals surface area contributed by atoms with Crippen LogP contribution >= 0.6 is 0 Å². The standard InChI is InChI=1S/C18H22N4O2/c1-14-3-2-4-15(11-14)5-6-17(23)21-16-12-19-18(20-13-16)22-7-9-24-10-8-22/h2-4,11-13H,5-10H2,1H3,(H,21,23). The Balaban J connectivity index is 1.50. The van der Waals surface area contributed by atoms with Crippen LogP contribution in [0, 0.1) is 6.92 Å². The Morgan fingerprint density at radius 2 is 2.00 bits per heavy atom. The molecule has 1 aliphatic heterocycles. The van der Waals surface area contributed by atoms with Crippen molar-refractivity contribution >= 4 is 17.5 Å². The summed E-state index contributed by atoms with van der Waals surface area (Å²) in [5, 5.41) is 2.85. The number of carbonyl (C=O) groups excluding carboxylic acids is 1. The highest BCUT2D eigenvalue weighted by Crippen LogP contribution is 2.13. The zero-order chi connectivity index (χ0) is 16.8. The lowest BCUT2D eigenvalue weighted by molar-refractivity contribution is -0.116. The topological polar surface area (TPSA) is 67.4 Å². The third-order valence-electron chi connectivity index (χ3n) is 3.94. The molecule has 0 radical (unpaired) electrons. The smallest absolute Gasteiger partial charge is 0.225 e. The zero-order valence-corrected chi connectivity index (χ0v) is 13.9. The van der Waals surface area contributed by atoms with Crippen LogP contribution in [0.5, 0.6) is 0 Å². The number of nitrogens with one attached hydrogen (secondary N) is 1. The second kappa shape index (κ2) is 7.88. The molecule has 1 aromatic carbocycles. The Hall–Kier alpha value is -2.47. The van der Waals surface area contributed by atoms with E-state index in [9.17, 15) is 4.79 Å². The summed E-state index contributed by atoms with van der Waals surface area (Å²) in [5.41, 5.74) is 3.00. The second-order valence-electron chi connectivity index (χ2n) is 5.91. The first-order chi connectivity index (χ1) is 11.7. The normalized spacial score (nSPS) is 14.5. The van der Waals surface area contributed by atoms with Crippen LogP contribution in [0.4, 0.5) is 11.6 Å². The molecule has 3 rings (SSSR count). The molecule has 6 nitrogen and oxygen atoms in total. The Bertz CT molecular complexity index is 682. The van der Waals surface area contributed by atoms with Crippen LogP contribution in [0.15, 0.2) is 36.7 Å². The number of aromatic nitrogens is 2. The molecule has 6 heteroatoms. The van der Waals surface area contributed by atoms with Gasteiger partial charge < -0.3 is 15.0 Å². The molecule has 1 N–H and O–H groups in total. The summed E-state index contributed by atoms with van der Waals surface area (Å²) in [6.45, 7) is 5.03. The predicted octanol–water partition coefficient (Wildman–Crippen LogP) is 2.19. The van der Waals surface area contributed by atoms with Crippen LogP contribution in [-0.4, -0.2) is 42.2 Å². The lowest BCUT2D eigenvalue weighted by Gasteiger charge is -2.26. The van der Waals surface area contributed by atoms with Crippen molar-refractivity contribution in [2.24, 2.45) is 0 Å². The summed E-state index contributed by atoms with van der Waals surface area (Å²) in [6, 6.07) is 8.21. The van der Waals surface area contributed by atoms with E-state index in [0.29, 0.717) is 31.3 Å². The van der Waals surface area contributed by atoms with Crippen molar-refractivity contribution in [1.82, 2.24) is 9.97 Å². The number of amides is 1. The molecule has 24 heavy (non-hydrogen) atoms. The number of nitrogens with zero attached hydrogens (tertiary/aromatic N) is 3. The summed E-state index contributed by atoms with van der Waals surface area (Å²) < 4.78 is 5.31. The number of aryl methyl sites for hydroxylation is 2. The van der Waals surface area contributed by atoms with Gasteiger partial charge in [-0.05, 0) is 18.9 Å². The van der Waals surface area contributed by atoms with Gasteiger partial charge in [-0.1, -0.05) is 29.8 Å². The molecule has 1 aromatic heterocycles. The van der Waals surface area contributed by atoms with Gasteiger partial charge in [-0.2, -0.15) is 0 Å². The van der Waals surface area contributed by atoms with Crippen LogP contribution in [0.3, 0.4) is 0 Å². The third-order valence-corrected chi connectivity index (χ3v) is 3.94. The van der Waals surface area contributed by atoms with E-state index in [1.165, 1.54) is 11.1 Å². The van der Waals surface area contributed by atoms with Gasteiger partial charge in [0.1, 0.15) is 0 Å². The monoisotopic (exact) mass is 326 g/mol. The molecular weight excluding hydrogens is 304 g/mol. The molecule has 0 spiro atoms. The Labute approximate surface area is 141 Å². The van der Waals surface area contributed by atoms with Crippen LogP contribution in [-0.2, 0) is 16.0 Å². The van der Waals surface area contributed by atoms with Crippen LogP contribution in [0.1, 0.15) is 17.5 Å². The average molecular weight is 326 g/mol. The first-order valence-electron chi connectivity index (χ1n) is 8.21. The number of anilines is 2. The maximum absolute atomic E-state index is 12.1. The number of rotatable bonds is 5. The van der Waals surface area contributed by atoms with Gasteiger partial charge in [0.05, 0.1) is 31.3 Å². The van der Waals surface area contributed by atoms with Crippen molar-refractivity contribution in [2.45, 2.75) is 19.8 Å². The molecule has 2 aromatic rings. The highest BCUT2D eigenvalue weighted by molar-refractivity contribution is 5.90.